The minimum Gasteiger partial charge on any atom is -0.335 e. The fourth-order valence-corrected chi connectivity index (χ4v) is 3.23. The van der Waals surface area contributed by atoms with Crippen molar-refractivity contribution in [2.24, 2.45) is 5.10 Å². The molecule has 0 spiro atoms. The number of aromatic nitrogens is 2. The summed E-state index contributed by atoms with van der Waals surface area (Å²) in [5.74, 6) is -1.75. The molecule has 0 bridgehead atoms. The summed E-state index contributed by atoms with van der Waals surface area (Å²) in [5, 5.41) is 13.5. The first-order valence-electron chi connectivity index (χ1n) is 9.95. The fraction of sp³-hybridized carbons (Fsp3) is 0.0417. The van der Waals surface area contributed by atoms with E-state index in [9.17, 15) is 18.8 Å². The lowest BCUT2D eigenvalue weighted by Crippen LogP contribution is -2.40. The third kappa shape index (κ3) is 4.82. The molecule has 2 amide bonds. The van der Waals surface area contributed by atoms with Crippen LogP contribution in [-0.2, 0) is 4.79 Å². The standard InChI is InChI=1S/C24H18FN5O3/c25-19-13-7-4-10-16(19)14-26-29-24(33)21(27-22(31)15-8-2-1-3-9-15)20-17-11-5-6-12-18(17)23(32)30-28-20/h1-14,21H,(H,27,31)(H,29,33)(H,30,32)/t21-/m0/s1. The van der Waals surface area contributed by atoms with Crippen molar-refractivity contribution in [2.45, 2.75) is 6.04 Å². The van der Waals surface area contributed by atoms with Gasteiger partial charge in [0.15, 0.2) is 6.04 Å². The lowest BCUT2D eigenvalue weighted by Gasteiger charge is -2.18. The number of amides is 2. The lowest BCUT2D eigenvalue weighted by molar-refractivity contribution is -0.123. The van der Waals surface area contributed by atoms with E-state index in [0.29, 0.717) is 16.3 Å². The third-order valence-electron chi connectivity index (χ3n) is 4.86. The van der Waals surface area contributed by atoms with E-state index in [0.717, 1.165) is 6.21 Å². The highest BCUT2D eigenvalue weighted by atomic mass is 19.1. The van der Waals surface area contributed by atoms with Crippen LogP contribution in [0.3, 0.4) is 0 Å². The van der Waals surface area contributed by atoms with E-state index in [1.54, 1.807) is 60.7 Å². The number of aromatic amines is 1. The van der Waals surface area contributed by atoms with Crippen LogP contribution in [0, 0.1) is 5.82 Å². The summed E-state index contributed by atoms with van der Waals surface area (Å²) in [4.78, 5) is 38.0. The smallest absolute Gasteiger partial charge is 0.272 e. The summed E-state index contributed by atoms with van der Waals surface area (Å²) in [7, 11) is 0. The first kappa shape index (κ1) is 21.6. The summed E-state index contributed by atoms with van der Waals surface area (Å²) < 4.78 is 13.8. The molecule has 0 saturated heterocycles. The highest BCUT2D eigenvalue weighted by Gasteiger charge is 2.27. The van der Waals surface area contributed by atoms with Crippen molar-refractivity contribution in [3.05, 3.63) is 112 Å². The van der Waals surface area contributed by atoms with Gasteiger partial charge < -0.3 is 5.32 Å². The van der Waals surface area contributed by atoms with Crippen LogP contribution in [0.5, 0.6) is 0 Å². The van der Waals surface area contributed by atoms with Crippen molar-refractivity contribution in [3.63, 3.8) is 0 Å². The summed E-state index contributed by atoms with van der Waals surface area (Å²) in [6.45, 7) is 0. The van der Waals surface area contributed by atoms with Crippen molar-refractivity contribution in [2.75, 3.05) is 0 Å². The maximum Gasteiger partial charge on any atom is 0.272 e. The highest BCUT2D eigenvalue weighted by Crippen LogP contribution is 2.20. The number of hydrogen-bond donors (Lipinski definition) is 3. The van der Waals surface area contributed by atoms with Gasteiger partial charge in [-0.1, -0.05) is 54.6 Å². The van der Waals surface area contributed by atoms with Crippen LogP contribution in [0.15, 0.2) is 88.8 Å². The Morgan fingerprint density at radius 1 is 0.939 bits per heavy atom. The Morgan fingerprint density at radius 3 is 2.36 bits per heavy atom. The number of nitrogens with one attached hydrogen (secondary N) is 3. The Bertz CT molecular complexity index is 1400. The average molecular weight is 443 g/mol. The molecule has 0 aliphatic heterocycles. The van der Waals surface area contributed by atoms with Gasteiger partial charge in [-0.05, 0) is 24.3 Å². The molecule has 3 aromatic carbocycles. The number of carbonyl (C=O) groups excluding carboxylic acids is 2. The normalized spacial score (nSPS) is 11.9. The fourth-order valence-electron chi connectivity index (χ4n) is 3.23. The summed E-state index contributed by atoms with van der Waals surface area (Å²) >= 11 is 0. The number of fused-ring (bicyclic) bond motifs is 1. The van der Waals surface area contributed by atoms with Crippen LogP contribution < -0.4 is 16.3 Å². The zero-order valence-corrected chi connectivity index (χ0v) is 17.2. The van der Waals surface area contributed by atoms with Gasteiger partial charge in [-0.15, -0.1) is 0 Å². The molecule has 0 saturated carbocycles. The molecule has 164 valence electrons. The Morgan fingerprint density at radius 2 is 1.61 bits per heavy atom. The van der Waals surface area contributed by atoms with Gasteiger partial charge in [-0.2, -0.15) is 10.2 Å². The number of benzene rings is 3. The molecule has 4 rings (SSSR count). The molecular weight excluding hydrogens is 425 g/mol. The molecule has 4 aromatic rings. The van der Waals surface area contributed by atoms with Crippen molar-refractivity contribution < 1.29 is 14.0 Å². The van der Waals surface area contributed by atoms with E-state index in [4.69, 9.17) is 0 Å². The second kappa shape index (κ2) is 9.65. The van der Waals surface area contributed by atoms with Crippen LogP contribution >= 0.6 is 0 Å². The number of hydrazone groups is 1. The number of H-pyrrole nitrogens is 1. The van der Waals surface area contributed by atoms with Crippen LogP contribution in [0.4, 0.5) is 4.39 Å². The Kier molecular flexibility index (Phi) is 6.31. The zero-order valence-electron chi connectivity index (χ0n) is 17.2. The molecule has 9 heteroatoms. The molecule has 0 radical (unpaired) electrons. The first-order valence-corrected chi connectivity index (χ1v) is 9.95. The van der Waals surface area contributed by atoms with E-state index < -0.39 is 29.2 Å². The molecule has 0 unspecified atom stereocenters. The van der Waals surface area contributed by atoms with Gasteiger partial charge >= 0.3 is 0 Å². The molecule has 33 heavy (non-hydrogen) atoms. The van der Waals surface area contributed by atoms with Gasteiger partial charge in [0.25, 0.3) is 17.4 Å². The summed E-state index contributed by atoms with van der Waals surface area (Å²) in [6.07, 6.45) is 1.15. The number of rotatable bonds is 6. The first-order chi connectivity index (χ1) is 16.0. The second-order valence-corrected chi connectivity index (χ2v) is 7.01. The summed E-state index contributed by atoms with van der Waals surface area (Å²) in [6, 6.07) is 19.6. The topological polar surface area (TPSA) is 116 Å². The SMILES string of the molecule is O=C(N[C@H](C(=O)NN=Cc1ccccc1F)c1n[nH]c(=O)c2ccccc12)c1ccccc1. The van der Waals surface area contributed by atoms with E-state index in [2.05, 4.69) is 26.0 Å². The van der Waals surface area contributed by atoms with Crippen LogP contribution in [0.2, 0.25) is 0 Å². The minimum atomic E-state index is -1.29. The largest absolute Gasteiger partial charge is 0.335 e. The molecule has 1 heterocycles. The Hall–Kier alpha value is -4.66. The predicted molar refractivity (Wildman–Crippen MR) is 121 cm³/mol. The average Bonchev–Trinajstić information content (AvgIpc) is 2.85. The van der Waals surface area contributed by atoms with E-state index in [1.807, 2.05) is 0 Å². The lowest BCUT2D eigenvalue weighted by atomic mass is 10.0. The molecule has 0 aliphatic carbocycles. The molecule has 0 aliphatic rings. The molecule has 1 atom stereocenters. The van der Waals surface area contributed by atoms with Crippen molar-refractivity contribution in [3.8, 4) is 0 Å². The van der Waals surface area contributed by atoms with Gasteiger partial charge in [0.2, 0.25) is 0 Å². The maximum atomic E-state index is 13.8. The maximum absolute atomic E-state index is 13.8. The van der Waals surface area contributed by atoms with Crippen molar-refractivity contribution in [1.82, 2.24) is 20.9 Å². The van der Waals surface area contributed by atoms with Gasteiger partial charge in [-0.25, -0.2) is 14.9 Å². The third-order valence-corrected chi connectivity index (χ3v) is 4.86. The zero-order chi connectivity index (χ0) is 23.2. The van der Waals surface area contributed by atoms with Crippen LogP contribution in [0.25, 0.3) is 10.8 Å². The van der Waals surface area contributed by atoms with Crippen LogP contribution in [0.1, 0.15) is 27.7 Å². The van der Waals surface area contributed by atoms with Gasteiger partial charge in [-0.3, -0.25) is 14.4 Å². The Balaban J connectivity index is 1.68. The molecular formula is C24H18FN5O3. The van der Waals surface area contributed by atoms with Crippen molar-refractivity contribution in [1.29, 1.82) is 0 Å². The minimum absolute atomic E-state index is 0.132. The van der Waals surface area contributed by atoms with E-state index >= 15 is 0 Å². The monoisotopic (exact) mass is 443 g/mol. The highest BCUT2D eigenvalue weighted by molar-refractivity contribution is 5.99. The van der Waals surface area contributed by atoms with Gasteiger partial charge in [0.1, 0.15) is 11.5 Å². The quantitative estimate of drug-likeness (QED) is 0.314. The number of hydrogen-bond acceptors (Lipinski definition) is 5. The predicted octanol–water partition coefficient (Wildman–Crippen LogP) is 2.68. The molecule has 8 nitrogen and oxygen atoms in total. The second-order valence-electron chi connectivity index (χ2n) is 7.01. The van der Waals surface area contributed by atoms with E-state index in [-0.39, 0.29) is 11.3 Å². The number of nitrogens with zero attached hydrogens (tertiary/aromatic N) is 2. The van der Waals surface area contributed by atoms with E-state index in [1.165, 1.54) is 18.2 Å². The molecule has 3 N–H and O–H groups in total. The van der Waals surface area contributed by atoms with Crippen LogP contribution in [-0.4, -0.2) is 28.2 Å². The summed E-state index contributed by atoms with van der Waals surface area (Å²) in [5.41, 5.74) is 2.52. The van der Waals surface area contributed by atoms with Crippen molar-refractivity contribution >= 4 is 28.8 Å². The van der Waals surface area contributed by atoms with Gasteiger partial charge in [0, 0.05) is 16.5 Å². The van der Waals surface area contributed by atoms with Gasteiger partial charge in [0.05, 0.1) is 11.6 Å². The number of carbonyl (C=O) groups is 2. The molecule has 1 aromatic heterocycles. The number of halogens is 1. The Labute approximate surface area is 187 Å². The molecule has 0 fully saturated rings.